The number of carbonyl (C=O) groups is 1. The fourth-order valence-corrected chi connectivity index (χ4v) is 2.23. The Labute approximate surface area is 160 Å². The van der Waals surface area contributed by atoms with Crippen LogP contribution in [0.4, 0.5) is 11.5 Å². The Kier molecular flexibility index (Phi) is 5.58. The molecule has 0 aliphatic rings. The van der Waals surface area contributed by atoms with E-state index in [9.17, 15) is 4.79 Å². The summed E-state index contributed by atoms with van der Waals surface area (Å²) in [7, 11) is 1.58. The van der Waals surface area contributed by atoms with Crippen LogP contribution in [0.25, 0.3) is 0 Å². The first-order valence-electron chi connectivity index (χ1n) is 7.81. The van der Waals surface area contributed by atoms with Gasteiger partial charge in [0.05, 0.1) is 7.11 Å². The minimum Gasteiger partial charge on any atom is -0.497 e. The third-order valence-electron chi connectivity index (χ3n) is 3.52. The number of nitrogens with zero attached hydrogens (tertiary/aromatic N) is 2. The van der Waals surface area contributed by atoms with Gasteiger partial charge in [-0.2, -0.15) is 4.98 Å². The molecule has 3 rings (SSSR count). The highest BCUT2D eigenvalue weighted by Gasteiger charge is 2.12. The SMILES string of the molecule is COc1ccc(Oc2ncnc(NNC(=O)c3ccc(Cl)cc3)c2N)cc1. The molecule has 1 amide bonds. The number of hydrogen-bond acceptors (Lipinski definition) is 7. The number of ether oxygens (including phenoxy) is 2. The summed E-state index contributed by atoms with van der Waals surface area (Å²) >= 11 is 5.81. The Morgan fingerprint density at radius 2 is 1.70 bits per heavy atom. The number of hydrogen-bond donors (Lipinski definition) is 3. The van der Waals surface area contributed by atoms with Crippen LogP contribution in [-0.4, -0.2) is 23.0 Å². The van der Waals surface area contributed by atoms with E-state index in [1.165, 1.54) is 6.33 Å². The van der Waals surface area contributed by atoms with Crippen LogP contribution in [0.1, 0.15) is 10.4 Å². The first kappa shape index (κ1) is 18.3. The predicted octanol–water partition coefficient (Wildman–Crippen LogP) is 3.27. The molecular formula is C18H16ClN5O3. The largest absolute Gasteiger partial charge is 0.497 e. The molecule has 0 spiro atoms. The Balaban J connectivity index is 1.68. The molecule has 2 aromatic carbocycles. The Morgan fingerprint density at radius 1 is 1.04 bits per heavy atom. The van der Waals surface area contributed by atoms with Gasteiger partial charge >= 0.3 is 0 Å². The highest BCUT2D eigenvalue weighted by atomic mass is 35.5. The lowest BCUT2D eigenvalue weighted by molar-refractivity contribution is 0.0962. The lowest BCUT2D eigenvalue weighted by atomic mass is 10.2. The second-order valence-corrected chi connectivity index (χ2v) is 5.74. The third-order valence-corrected chi connectivity index (χ3v) is 3.77. The van der Waals surface area contributed by atoms with Crippen LogP contribution in [-0.2, 0) is 0 Å². The number of nitrogens with one attached hydrogen (secondary N) is 2. The van der Waals surface area contributed by atoms with Gasteiger partial charge in [0.25, 0.3) is 5.91 Å². The van der Waals surface area contributed by atoms with Crippen molar-refractivity contribution in [2.45, 2.75) is 0 Å². The van der Waals surface area contributed by atoms with E-state index in [4.69, 9.17) is 26.8 Å². The van der Waals surface area contributed by atoms with Crippen molar-refractivity contribution in [1.82, 2.24) is 15.4 Å². The van der Waals surface area contributed by atoms with Gasteiger partial charge in [-0.1, -0.05) is 11.6 Å². The average Bonchev–Trinajstić information content (AvgIpc) is 2.69. The number of methoxy groups -OCH3 is 1. The second-order valence-electron chi connectivity index (χ2n) is 5.30. The summed E-state index contributed by atoms with van der Waals surface area (Å²) in [5.41, 5.74) is 11.8. The maximum atomic E-state index is 12.1. The maximum absolute atomic E-state index is 12.1. The van der Waals surface area contributed by atoms with Crippen LogP contribution in [0.15, 0.2) is 54.9 Å². The Morgan fingerprint density at radius 3 is 2.37 bits per heavy atom. The lowest BCUT2D eigenvalue weighted by Gasteiger charge is -2.12. The van der Waals surface area contributed by atoms with Crippen molar-refractivity contribution in [2.24, 2.45) is 0 Å². The Hall–Kier alpha value is -3.52. The number of carbonyl (C=O) groups excluding carboxylic acids is 1. The van der Waals surface area contributed by atoms with E-state index < -0.39 is 0 Å². The summed E-state index contributed by atoms with van der Waals surface area (Å²) in [6, 6.07) is 13.4. The molecule has 0 aliphatic carbocycles. The molecule has 0 atom stereocenters. The monoisotopic (exact) mass is 385 g/mol. The van der Waals surface area contributed by atoms with E-state index in [2.05, 4.69) is 20.8 Å². The molecule has 8 nitrogen and oxygen atoms in total. The fraction of sp³-hybridized carbons (Fsp3) is 0.0556. The molecule has 0 unspecified atom stereocenters. The van der Waals surface area contributed by atoms with E-state index in [-0.39, 0.29) is 23.3 Å². The lowest BCUT2D eigenvalue weighted by Crippen LogP contribution is -2.30. The van der Waals surface area contributed by atoms with Gasteiger partial charge < -0.3 is 15.2 Å². The van der Waals surface area contributed by atoms with Gasteiger partial charge in [0.1, 0.15) is 23.5 Å². The number of halogens is 1. The number of hydrazine groups is 1. The van der Waals surface area contributed by atoms with E-state index >= 15 is 0 Å². The normalized spacial score (nSPS) is 10.1. The highest BCUT2D eigenvalue weighted by molar-refractivity contribution is 6.30. The maximum Gasteiger partial charge on any atom is 0.269 e. The molecule has 4 N–H and O–H groups in total. The molecule has 0 radical (unpaired) electrons. The van der Waals surface area contributed by atoms with Gasteiger partial charge in [-0.05, 0) is 48.5 Å². The minimum absolute atomic E-state index is 0.143. The van der Waals surface area contributed by atoms with E-state index in [1.54, 1.807) is 55.6 Å². The number of nitrogens with two attached hydrogens (primary N) is 1. The summed E-state index contributed by atoms with van der Waals surface area (Å²) in [5.74, 6) is 1.21. The van der Waals surface area contributed by atoms with Gasteiger partial charge in [0.15, 0.2) is 5.82 Å². The molecule has 138 valence electrons. The average molecular weight is 386 g/mol. The smallest absolute Gasteiger partial charge is 0.269 e. The number of nitrogen functional groups attached to an aromatic ring is 1. The van der Waals surface area contributed by atoms with Crippen molar-refractivity contribution in [1.29, 1.82) is 0 Å². The van der Waals surface area contributed by atoms with Crippen LogP contribution < -0.4 is 26.1 Å². The first-order valence-corrected chi connectivity index (χ1v) is 8.19. The van der Waals surface area contributed by atoms with E-state index in [0.29, 0.717) is 22.1 Å². The van der Waals surface area contributed by atoms with Crippen molar-refractivity contribution in [3.05, 3.63) is 65.4 Å². The molecule has 0 bridgehead atoms. The van der Waals surface area contributed by atoms with E-state index in [1.807, 2.05) is 0 Å². The fourth-order valence-electron chi connectivity index (χ4n) is 2.11. The second kappa shape index (κ2) is 8.24. The topological polar surface area (TPSA) is 111 Å². The molecule has 27 heavy (non-hydrogen) atoms. The predicted molar refractivity (Wildman–Crippen MR) is 102 cm³/mol. The highest BCUT2D eigenvalue weighted by Crippen LogP contribution is 2.29. The number of aromatic nitrogens is 2. The van der Waals surface area contributed by atoms with Crippen LogP contribution in [0, 0.1) is 0 Å². The van der Waals surface area contributed by atoms with Gasteiger partial charge in [0.2, 0.25) is 5.88 Å². The molecular weight excluding hydrogens is 370 g/mol. The number of anilines is 2. The van der Waals surface area contributed by atoms with Crippen LogP contribution in [0.5, 0.6) is 17.4 Å². The number of rotatable bonds is 6. The van der Waals surface area contributed by atoms with Crippen LogP contribution >= 0.6 is 11.6 Å². The third kappa shape index (κ3) is 4.56. The molecule has 0 fully saturated rings. The van der Waals surface area contributed by atoms with Crippen molar-refractivity contribution in [3.63, 3.8) is 0 Å². The number of amides is 1. The van der Waals surface area contributed by atoms with Crippen LogP contribution in [0.2, 0.25) is 5.02 Å². The molecule has 1 aromatic heterocycles. The molecule has 3 aromatic rings. The van der Waals surface area contributed by atoms with Crippen molar-refractivity contribution in [3.8, 4) is 17.4 Å². The van der Waals surface area contributed by atoms with Gasteiger partial charge in [-0.15, -0.1) is 0 Å². The molecule has 0 saturated carbocycles. The molecule has 9 heteroatoms. The molecule has 0 aliphatic heterocycles. The van der Waals surface area contributed by atoms with Gasteiger partial charge in [0, 0.05) is 10.6 Å². The first-order chi connectivity index (χ1) is 13.1. The standard InChI is InChI=1S/C18H16ClN5O3/c1-26-13-6-8-14(9-7-13)27-18-15(20)16(21-10-22-18)23-24-17(25)11-2-4-12(19)5-3-11/h2-10H,20H2,1H3,(H,24,25)(H,21,22,23). The van der Waals surface area contributed by atoms with Crippen molar-refractivity contribution < 1.29 is 14.3 Å². The van der Waals surface area contributed by atoms with Crippen molar-refractivity contribution >= 4 is 29.0 Å². The van der Waals surface area contributed by atoms with Gasteiger partial charge in [-0.3, -0.25) is 15.6 Å². The van der Waals surface area contributed by atoms with Crippen molar-refractivity contribution in [2.75, 3.05) is 18.3 Å². The zero-order valence-corrected chi connectivity index (χ0v) is 15.0. The van der Waals surface area contributed by atoms with Gasteiger partial charge in [-0.25, -0.2) is 4.98 Å². The summed E-state index contributed by atoms with van der Waals surface area (Å²) < 4.78 is 10.8. The zero-order chi connectivity index (χ0) is 19.2. The van der Waals surface area contributed by atoms with E-state index in [0.717, 1.165) is 0 Å². The zero-order valence-electron chi connectivity index (χ0n) is 14.3. The number of benzene rings is 2. The quantitative estimate of drug-likeness (QED) is 0.558. The van der Waals surface area contributed by atoms with Crippen LogP contribution in [0.3, 0.4) is 0 Å². The summed E-state index contributed by atoms with van der Waals surface area (Å²) in [6.45, 7) is 0. The minimum atomic E-state index is -0.373. The Bertz CT molecular complexity index is 933. The summed E-state index contributed by atoms with van der Waals surface area (Å²) in [6.07, 6.45) is 1.27. The summed E-state index contributed by atoms with van der Waals surface area (Å²) in [5, 5.41) is 0.542. The molecule has 1 heterocycles. The molecule has 0 saturated heterocycles. The summed E-state index contributed by atoms with van der Waals surface area (Å²) in [4.78, 5) is 20.2.